The minimum absolute atomic E-state index is 0.0833. The van der Waals surface area contributed by atoms with E-state index in [9.17, 15) is 0 Å². The van der Waals surface area contributed by atoms with Gasteiger partial charge in [-0.25, -0.2) is 5.26 Å². The number of guanidine groups is 1. The highest BCUT2D eigenvalue weighted by molar-refractivity contribution is 7.64. The lowest BCUT2D eigenvalue weighted by atomic mass is 11.1. The van der Waals surface area contributed by atoms with Crippen molar-refractivity contribution in [3.63, 3.8) is 0 Å². The SMILES string of the molecule is N#C[S-].NC(N)=[NH2+]. The van der Waals surface area contributed by atoms with Gasteiger partial charge in [0.25, 0.3) is 0 Å². The number of nitrogens with two attached hydrogens (primary N) is 3. The lowest BCUT2D eigenvalue weighted by Gasteiger charge is -1.59. The zero-order chi connectivity index (χ0) is 6.28. The number of hydrogen-bond acceptors (Lipinski definition) is 2. The van der Waals surface area contributed by atoms with Crippen LogP contribution in [0.4, 0.5) is 0 Å². The van der Waals surface area contributed by atoms with Crippen molar-refractivity contribution in [2.75, 3.05) is 0 Å². The van der Waals surface area contributed by atoms with Crippen molar-refractivity contribution in [3.05, 3.63) is 0 Å². The molecular formula is C2H6N4S. The van der Waals surface area contributed by atoms with E-state index in [4.69, 9.17) is 5.26 Å². The van der Waals surface area contributed by atoms with Gasteiger partial charge in [0, 0.05) is 0 Å². The van der Waals surface area contributed by atoms with Gasteiger partial charge in [-0.1, -0.05) is 5.40 Å². The predicted molar refractivity (Wildman–Crippen MR) is 28.3 cm³/mol. The average molecular weight is 118 g/mol. The Morgan fingerprint density at radius 1 is 1.71 bits per heavy atom. The molecule has 0 saturated heterocycles. The first-order valence-corrected chi connectivity index (χ1v) is 1.70. The molecule has 6 N–H and O–H groups in total. The first-order valence-electron chi connectivity index (χ1n) is 1.29. The second kappa shape index (κ2) is 8.88. The van der Waals surface area contributed by atoms with Gasteiger partial charge in [0.1, 0.15) is 0 Å². The van der Waals surface area contributed by atoms with Crippen molar-refractivity contribution in [1.29, 1.82) is 5.26 Å². The fourth-order valence-electron chi connectivity index (χ4n) is 0. The lowest BCUT2D eigenvalue weighted by molar-refractivity contribution is -0.116. The van der Waals surface area contributed by atoms with E-state index in [1.807, 2.05) is 0 Å². The van der Waals surface area contributed by atoms with E-state index < -0.39 is 0 Å². The van der Waals surface area contributed by atoms with Gasteiger partial charge in [0.15, 0.2) is 0 Å². The quantitative estimate of drug-likeness (QED) is 0.137. The molecule has 0 saturated carbocycles. The summed E-state index contributed by atoms with van der Waals surface area (Å²) in [5.74, 6) is -0.0833. The van der Waals surface area contributed by atoms with Crippen LogP contribution in [0.15, 0.2) is 0 Å². The van der Waals surface area contributed by atoms with Crippen LogP contribution in [-0.2, 0) is 12.6 Å². The Bertz CT molecular complexity index is 78.2. The molecule has 5 heteroatoms. The number of hydrogen-bond donors (Lipinski definition) is 3. The van der Waals surface area contributed by atoms with Gasteiger partial charge in [0.2, 0.25) is 0 Å². The van der Waals surface area contributed by atoms with Crippen LogP contribution in [0.1, 0.15) is 0 Å². The van der Waals surface area contributed by atoms with E-state index in [0.29, 0.717) is 0 Å². The summed E-state index contributed by atoms with van der Waals surface area (Å²) in [5.41, 5.74) is 9.17. The van der Waals surface area contributed by atoms with Gasteiger partial charge >= 0.3 is 5.96 Å². The topological polar surface area (TPSA) is 101 Å². The fraction of sp³-hybridized carbons (Fsp3) is 0. The molecule has 0 unspecified atom stereocenters. The Hall–Kier alpha value is -1.02. The van der Waals surface area contributed by atoms with Gasteiger partial charge in [-0.15, -0.1) is 0 Å². The Labute approximate surface area is 47.0 Å². The van der Waals surface area contributed by atoms with E-state index in [1.165, 1.54) is 5.40 Å². The summed E-state index contributed by atoms with van der Waals surface area (Å²) >= 11 is 3.70. The monoisotopic (exact) mass is 118 g/mol. The molecule has 0 radical (unpaired) electrons. The van der Waals surface area contributed by atoms with Crippen molar-refractivity contribution in [3.8, 4) is 5.40 Å². The van der Waals surface area contributed by atoms with Gasteiger partial charge in [-0.3, -0.25) is 16.9 Å². The normalized spacial score (nSPS) is 4.43. The maximum absolute atomic E-state index is 7.13. The van der Waals surface area contributed by atoms with Crippen molar-refractivity contribution in [1.82, 2.24) is 0 Å². The first-order chi connectivity index (χ1) is 3.15. The zero-order valence-electron chi connectivity index (χ0n) is 3.59. The number of rotatable bonds is 0. The molecule has 0 bridgehead atoms. The molecule has 0 aliphatic rings. The summed E-state index contributed by atoms with van der Waals surface area (Å²) in [5, 5.41) is 13.1. The third kappa shape index (κ3) is 42.5. The van der Waals surface area contributed by atoms with Crippen molar-refractivity contribution >= 4 is 18.6 Å². The van der Waals surface area contributed by atoms with Crippen LogP contribution in [0.25, 0.3) is 0 Å². The standard InChI is InChI=1S/CH5N3.CHNS/c2-1(3)4;2-1-3/h(H5,2,3,4);3H. The average Bonchev–Trinajstić information content (AvgIpc) is 1.33. The summed E-state index contributed by atoms with van der Waals surface area (Å²) < 4.78 is 0. The minimum Gasteiger partial charge on any atom is -0.696 e. The van der Waals surface area contributed by atoms with E-state index in [0.717, 1.165) is 0 Å². The largest absolute Gasteiger partial charge is 0.696 e. The first kappa shape index (κ1) is 9.36. The highest BCUT2D eigenvalue weighted by Crippen LogP contribution is 1.16. The summed E-state index contributed by atoms with van der Waals surface area (Å²) in [7, 11) is 0. The van der Waals surface area contributed by atoms with Crippen LogP contribution in [0.2, 0.25) is 0 Å². The molecule has 4 nitrogen and oxygen atoms in total. The fourth-order valence-corrected chi connectivity index (χ4v) is 0. The predicted octanol–water partition coefficient (Wildman–Crippen LogP) is -2.97. The molecule has 0 heterocycles. The molecule has 0 rings (SSSR count). The Morgan fingerprint density at radius 3 is 1.71 bits per heavy atom. The Kier molecular flexibility index (Phi) is 11.9. The number of nitrogens with zero attached hydrogens (tertiary/aromatic N) is 1. The molecule has 0 aromatic heterocycles. The van der Waals surface area contributed by atoms with Gasteiger partial charge in [-0.05, 0) is 0 Å². The summed E-state index contributed by atoms with van der Waals surface area (Å²) in [6.45, 7) is 0. The van der Waals surface area contributed by atoms with E-state index >= 15 is 0 Å². The van der Waals surface area contributed by atoms with Gasteiger partial charge < -0.3 is 12.6 Å². The highest BCUT2D eigenvalue weighted by atomic mass is 32.1. The molecule has 0 fully saturated rings. The summed E-state index contributed by atoms with van der Waals surface area (Å²) in [6.07, 6.45) is 0. The zero-order valence-corrected chi connectivity index (χ0v) is 4.40. The van der Waals surface area contributed by atoms with Crippen molar-refractivity contribution < 1.29 is 5.41 Å². The molecule has 0 aliphatic heterocycles. The van der Waals surface area contributed by atoms with E-state index in [1.54, 1.807) is 0 Å². The summed E-state index contributed by atoms with van der Waals surface area (Å²) in [4.78, 5) is 0. The van der Waals surface area contributed by atoms with Crippen molar-refractivity contribution in [2.45, 2.75) is 0 Å². The molecular weight excluding hydrogens is 112 g/mol. The highest BCUT2D eigenvalue weighted by Gasteiger charge is 1.64. The Balaban J connectivity index is 0. The number of thiocyanates is 1. The third-order valence-corrected chi connectivity index (χ3v) is 0. The van der Waals surface area contributed by atoms with E-state index in [-0.39, 0.29) is 5.96 Å². The molecule has 0 aromatic carbocycles. The molecule has 7 heavy (non-hydrogen) atoms. The second-order valence-electron chi connectivity index (χ2n) is 0.591. The smallest absolute Gasteiger partial charge is 0.336 e. The maximum Gasteiger partial charge on any atom is 0.336 e. The van der Waals surface area contributed by atoms with Gasteiger partial charge in [0.05, 0.1) is 0 Å². The Morgan fingerprint density at radius 2 is 1.71 bits per heavy atom. The summed E-state index contributed by atoms with van der Waals surface area (Å²) in [6, 6.07) is 0. The molecule has 0 atom stereocenters. The molecule has 40 valence electrons. The van der Waals surface area contributed by atoms with Gasteiger partial charge in [-0.2, -0.15) is 0 Å². The van der Waals surface area contributed by atoms with Crippen LogP contribution in [-0.4, -0.2) is 5.96 Å². The molecule has 0 spiro atoms. The van der Waals surface area contributed by atoms with Crippen LogP contribution < -0.4 is 16.9 Å². The molecule has 0 aliphatic carbocycles. The van der Waals surface area contributed by atoms with Crippen LogP contribution in [0, 0.1) is 10.7 Å². The third-order valence-electron chi connectivity index (χ3n) is 0. The van der Waals surface area contributed by atoms with Crippen LogP contribution in [0.5, 0.6) is 0 Å². The molecule has 0 amide bonds. The molecule has 0 aromatic rings. The number of nitriles is 1. The van der Waals surface area contributed by atoms with Crippen molar-refractivity contribution in [2.24, 2.45) is 11.5 Å². The van der Waals surface area contributed by atoms with E-state index in [2.05, 4.69) is 29.5 Å². The lowest BCUT2D eigenvalue weighted by Crippen LogP contribution is -2.51. The second-order valence-corrected chi connectivity index (χ2v) is 0.774. The van der Waals surface area contributed by atoms with Crippen LogP contribution in [0.3, 0.4) is 0 Å². The maximum atomic E-state index is 7.13. The van der Waals surface area contributed by atoms with Crippen LogP contribution >= 0.6 is 0 Å². The minimum atomic E-state index is -0.0833.